The van der Waals surface area contributed by atoms with E-state index in [4.69, 9.17) is 10.3 Å². The van der Waals surface area contributed by atoms with E-state index in [1.807, 2.05) is 0 Å². The van der Waals surface area contributed by atoms with Crippen LogP contribution >= 0.6 is 0 Å². The number of aromatic nitrogens is 1. The monoisotopic (exact) mass is 252 g/mol. The number of fused-ring (bicyclic) bond motifs is 1. The maximum Gasteiger partial charge on any atom is 0.337 e. The number of nitrogens with two attached hydrogens (primary N) is 1. The zero-order valence-corrected chi connectivity index (χ0v) is 9.53. The van der Waals surface area contributed by atoms with Crippen molar-refractivity contribution in [3.05, 3.63) is 23.8 Å². The molecular formula is C11H12N2O5. The summed E-state index contributed by atoms with van der Waals surface area (Å²) >= 11 is 0. The summed E-state index contributed by atoms with van der Waals surface area (Å²) in [4.78, 5) is 11.1. The summed E-state index contributed by atoms with van der Waals surface area (Å²) < 4.78 is 9.25. The smallest absolute Gasteiger partial charge is 0.337 e. The van der Waals surface area contributed by atoms with E-state index in [9.17, 15) is 15.0 Å². The SMILES string of the molecule is COC(=O)C(O)C(O)c1ccc2onc(N)c2c1. The maximum atomic E-state index is 11.1. The van der Waals surface area contributed by atoms with E-state index in [0.717, 1.165) is 7.11 Å². The molecule has 7 nitrogen and oxygen atoms in total. The number of esters is 1. The standard InChI is InChI=1S/C11H12N2O5/c1-17-11(16)9(15)8(14)5-2-3-7-6(4-5)10(12)13-18-7/h2-4,8-9,14-15H,1H3,(H2,12,13). The molecular weight excluding hydrogens is 240 g/mol. The Bertz CT molecular complexity index is 580. The summed E-state index contributed by atoms with van der Waals surface area (Å²) in [5.74, 6) is -0.743. The highest BCUT2D eigenvalue weighted by atomic mass is 16.5. The second-order valence-corrected chi connectivity index (χ2v) is 3.74. The Hall–Kier alpha value is -2.12. The molecule has 7 heteroatoms. The number of benzene rings is 1. The highest BCUT2D eigenvalue weighted by Crippen LogP contribution is 2.26. The van der Waals surface area contributed by atoms with Crippen LogP contribution in [0.1, 0.15) is 11.7 Å². The molecule has 0 aliphatic heterocycles. The van der Waals surface area contributed by atoms with Gasteiger partial charge in [-0.3, -0.25) is 0 Å². The number of anilines is 1. The van der Waals surface area contributed by atoms with Crippen LogP contribution in [0.4, 0.5) is 5.82 Å². The van der Waals surface area contributed by atoms with Gasteiger partial charge in [0, 0.05) is 0 Å². The van der Waals surface area contributed by atoms with E-state index < -0.39 is 18.2 Å². The van der Waals surface area contributed by atoms with Crippen LogP contribution in [-0.2, 0) is 9.53 Å². The second-order valence-electron chi connectivity index (χ2n) is 3.74. The van der Waals surface area contributed by atoms with Crippen LogP contribution in [-0.4, -0.2) is 34.6 Å². The zero-order valence-electron chi connectivity index (χ0n) is 9.53. The molecule has 0 radical (unpaired) electrons. The van der Waals surface area contributed by atoms with Gasteiger partial charge in [0.25, 0.3) is 0 Å². The summed E-state index contributed by atoms with van der Waals surface area (Å²) in [6.07, 6.45) is -3.07. The first-order valence-electron chi connectivity index (χ1n) is 5.13. The lowest BCUT2D eigenvalue weighted by molar-refractivity contribution is -0.156. The normalized spacial score (nSPS) is 14.4. The van der Waals surface area contributed by atoms with Gasteiger partial charge in [-0.05, 0) is 17.7 Å². The van der Waals surface area contributed by atoms with Crippen molar-refractivity contribution in [3.8, 4) is 0 Å². The van der Waals surface area contributed by atoms with E-state index in [1.54, 1.807) is 6.07 Å². The summed E-state index contributed by atoms with van der Waals surface area (Å²) in [6.45, 7) is 0. The first-order valence-corrected chi connectivity index (χ1v) is 5.13. The highest BCUT2D eigenvalue weighted by molar-refractivity contribution is 5.87. The third-order valence-electron chi connectivity index (χ3n) is 2.61. The first-order chi connectivity index (χ1) is 8.54. The molecule has 4 N–H and O–H groups in total. The molecule has 0 saturated heterocycles. The van der Waals surface area contributed by atoms with Crippen molar-refractivity contribution in [2.75, 3.05) is 12.8 Å². The Labute approximate surface area is 102 Å². The Kier molecular flexibility index (Phi) is 3.17. The Morgan fingerprint density at radius 3 is 2.89 bits per heavy atom. The second kappa shape index (κ2) is 4.63. The number of aliphatic hydroxyl groups is 2. The minimum atomic E-state index is -1.66. The Morgan fingerprint density at radius 2 is 2.22 bits per heavy atom. The van der Waals surface area contributed by atoms with Gasteiger partial charge >= 0.3 is 5.97 Å². The molecule has 0 bridgehead atoms. The Morgan fingerprint density at radius 1 is 1.50 bits per heavy atom. The summed E-state index contributed by atoms with van der Waals surface area (Å²) in [5.41, 5.74) is 6.34. The molecule has 0 aliphatic carbocycles. The number of nitrogen functional groups attached to an aromatic ring is 1. The van der Waals surface area contributed by atoms with Gasteiger partial charge in [0.15, 0.2) is 17.5 Å². The number of carbonyl (C=O) groups excluding carboxylic acids is 1. The van der Waals surface area contributed by atoms with E-state index in [2.05, 4.69) is 9.89 Å². The molecule has 0 fully saturated rings. The third-order valence-corrected chi connectivity index (χ3v) is 2.61. The quantitative estimate of drug-likeness (QED) is 0.656. The predicted molar refractivity (Wildman–Crippen MR) is 61.4 cm³/mol. The first kappa shape index (κ1) is 12.3. The Balaban J connectivity index is 2.35. The average molecular weight is 252 g/mol. The number of hydrogen-bond acceptors (Lipinski definition) is 7. The van der Waals surface area contributed by atoms with Gasteiger partial charge in [-0.15, -0.1) is 0 Å². The lowest BCUT2D eigenvalue weighted by Gasteiger charge is -2.15. The van der Waals surface area contributed by atoms with Crippen molar-refractivity contribution in [2.45, 2.75) is 12.2 Å². The van der Waals surface area contributed by atoms with E-state index >= 15 is 0 Å². The van der Waals surface area contributed by atoms with Gasteiger partial charge in [-0.2, -0.15) is 0 Å². The van der Waals surface area contributed by atoms with E-state index in [-0.39, 0.29) is 5.82 Å². The number of methoxy groups -OCH3 is 1. The summed E-state index contributed by atoms with van der Waals surface area (Å²) in [7, 11) is 1.12. The largest absolute Gasteiger partial charge is 0.467 e. The van der Waals surface area contributed by atoms with Crippen molar-refractivity contribution < 1.29 is 24.3 Å². The number of aliphatic hydroxyl groups excluding tert-OH is 2. The summed E-state index contributed by atoms with van der Waals surface area (Å²) in [6, 6.07) is 4.54. The molecule has 2 unspecified atom stereocenters. The fraction of sp³-hybridized carbons (Fsp3) is 0.273. The van der Waals surface area contributed by atoms with Crippen molar-refractivity contribution >= 4 is 22.8 Å². The highest BCUT2D eigenvalue weighted by Gasteiger charge is 2.27. The number of nitrogens with zero attached hydrogens (tertiary/aromatic N) is 1. The molecule has 2 rings (SSSR count). The molecule has 0 amide bonds. The van der Waals surface area contributed by atoms with Crippen molar-refractivity contribution in [1.82, 2.24) is 5.16 Å². The minimum absolute atomic E-state index is 0.173. The molecule has 18 heavy (non-hydrogen) atoms. The lowest BCUT2D eigenvalue weighted by Crippen LogP contribution is -2.28. The van der Waals surface area contributed by atoms with Crippen LogP contribution in [0, 0.1) is 0 Å². The van der Waals surface area contributed by atoms with Crippen LogP contribution in [0.2, 0.25) is 0 Å². The molecule has 0 aliphatic rings. The van der Waals surface area contributed by atoms with Crippen LogP contribution < -0.4 is 5.73 Å². The van der Waals surface area contributed by atoms with E-state index in [1.165, 1.54) is 12.1 Å². The van der Waals surface area contributed by atoms with Gasteiger partial charge in [0.1, 0.15) is 6.10 Å². The van der Waals surface area contributed by atoms with Crippen molar-refractivity contribution in [3.63, 3.8) is 0 Å². The predicted octanol–water partition coefficient (Wildman–Crippen LogP) is -0.0227. The number of carbonyl (C=O) groups is 1. The van der Waals surface area contributed by atoms with Gasteiger partial charge in [-0.25, -0.2) is 4.79 Å². The molecule has 1 aromatic carbocycles. The third kappa shape index (κ3) is 2.01. The molecule has 1 aromatic heterocycles. The molecule has 2 atom stereocenters. The molecule has 1 heterocycles. The van der Waals surface area contributed by atoms with Crippen LogP contribution in [0.5, 0.6) is 0 Å². The molecule has 0 saturated carbocycles. The molecule has 2 aromatic rings. The topological polar surface area (TPSA) is 119 Å². The zero-order chi connectivity index (χ0) is 13.3. The molecule has 96 valence electrons. The average Bonchev–Trinajstić information content (AvgIpc) is 2.77. The minimum Gasteiger partial charge on any atom is -0.467 e. The number of ether oxygens (including phenoxy) is 1. The van der Waals surface area contributed by atoms with E-state index in [0.29, 0.717) is 16.5 Å². The number of rotatable bonds is 3. The maximum absolute atomic E-state index is 11.1. The van der Waals surface area contributed by atoms with Gasteiger partial charge in [0.05, 0.1) is 12.5 Å². The molecule has 0 spiro atoms. The van der Waals surface area contributed by atoms with Crippen molar-refractivity contribution in [1.29, 1.82) is 0 Å². The van der Waals surface area contributed by atoms with Crippen molar-refractivity contribution in [2.24, 2.45) is 0 Å². The fourth-order valence-corrected chi connectivity index (χ4v) is 1.59. The summed E-state index contributed by atoms with van der Waals surface area (Å²) in [5, 5.41) is 23.4. The lowest BCUT2D eigenvalue weighted by atomic mass is 10.0. The van der Waals surface area contributed by atoms with Gasteiger partial charge in [-0.1, -0.05) is 11.2 Å². The van der Waals surface area contributed by atoms with Gasteiger partial charge in [0.2, 0.25) is 0 Å². The van der Waals surface area contributed by atoms with Crippen LogP contribution in [0.3, 0.4) is 0 Å². The van der Waals surface area contributed by atoms with Crippen LogP contribution in [0.25, 0.3) is 11.0 Å². The fourth-order valence-electron chi connectivity index (χ4n) is 1.59. The number of hydrogen-bond donors (Lipinski definition) is 3. The van der Waals surface area contributed by atoms with Gasteiger partial charge < -0.3 is 25.2 Å². The van der Waals surface area contributed by atoms with Crippen LogP contribution in [0.15, 0.2) is 22.7 Å².